The van der Waals surface area contributed by atoms with E-state index < -0.39 is 10.0 Å². The molecule has 2 heterocycles. The van der Waals surface area contributed by atoms with Gasteiger partial charge in [-0.25, -0.2) is 28.3 Å². The number of nitrogens with two attached hydrogens (primary N) is 1. The predicted molar refractivity (Wildman–Crippen MR) is 128 cm³/mol. The van der Waals surface area contributed by atoms with Crippen molar-refractivity contribution < 1.29 is 17.9 Å². The first-order valence-corrected chi connectivity index (χ1v) is 13.2. The molecule has 0 bridgehead atoms. The topological polar surface area (TPSA) is 152 Å². The Bertz CT molecular complexity index is 1120. The molecular weight excluding hydrogens is 458 g/mol. The fourth-order valence-electron chi connectivity index (χ4n) is 4.30. The summed E-state index contributed by atoms with van der Waals surface area (Å²) >= 11 is 0. The summed E-state index contributed by atoms with van der Waals surface area (Å²) in [6, 6.07) is 6.95. The van der Waals surface area contributed by atoms with Crippen LogP contribution in [0.15, 0.2) is 30.6 Å². The van der Waals surface area contributed by atoms with E-state index in [0.717, 1.165) is 45.1 Å². The highest BCUT2D eigenvalue weighted by Gasteiger charge is 2.36. The van der Waals surface area contributed by atoms with Crippen molar-refractivity contribution in [1.82, 2.24) is 20.3 Å². The molecule has 1 aliphatic heterocycles. The Labute approximate surface area is 199 Å². The lowest BCUT2D eigenvalue weighted by Crippen LogP contribution is -2.49. The number of amides is 1. The van der Waals surface area contributed by atoms with Gasteiger partial charge >= 0.3 is 6.09 Å². The molecule has 1 saturated carbocycles. The number of hydrogen-bond donors (Lipinski definition) is 3. The first-order chi connectivity index (χ1) is 16.2. The van der Waals surface area contributed by atoms with Gasteiger partial charge in [0.2, 0.25) is 21.9 Å². The van der Waals surface area contributed by atoms with E-state index in [9.17, 15) is 13.2 Å². The molecule has 1 unspecified atom stereocenters. The van der Waals surface area contributed by atoms with Crippen molar-refractivity contribution in [2.75, 3.05) is 23.3 Å². The molecule has 0 spiro atoms. The van der Waals surface area contributed by atoms with Crippen LogP contribution in [0.5, 0.6) is 0 Å². The zero-order valence-corrected chi connectivity index (χ0v) is 20.1. The lowest BCUT2D eigenvalue weighted by molar-refractivity contribution is -0.0323. The number of sulfonamides is 1. The van der Waals surface area contributed by atoms with Gasteiger partial charge in [-0.05, 0) is 63.1 Å². The minimum absolute atomic E-state index is 0.0452. The Morgan fingerprint density at radius 2 is 2.09 bits per heavy atom. The van der Waals surface area contributed by atoms with Gasteiger partial charge < -0.3 is 20.3 Å². The van der Waals surface area contributed by atoms with Crippen molar-refractivity contribution in [2.45, 2.75) is 62.8 Å². The van der Waals surface area contributed by atoms with E-state index in [1.54, 1.807) is 24.3 Å². The zero-order chi connectivity index (χ0) is 24.2. The zero-order valence-electron chi connectivity index (χ0n) is 19.2. The molecule has 4 rings (SSSR count). The second-order valence-corrected chi connectivity index (χ2v) is 10.8. The summed E-state index contributed by atoms with van der Waals surface area (Å²) < 4.78 is 28.3. The number of hydrogen-bond acceptors (Lipinski definition) is 9. The van der Waals surface area contributed by atoms with Crippen LogP contribution in [-0.4, -0.2) is 54.2 Å². The van der Waals surface area contributed by atoms with E-state index in [2.05, 4.69) is 30.5 Å². The summed E-state index contributed by atoms with van der Waals surface area (Å²) in [5.74, 6) is 0.603. The standard InChI is InChI=1S/C22H31N7O4S/c1-22(9-5-10-22)33-21(30)24-13-18-8-2-3-11-29(18)20-26-15-25-19(28-20)27-17-7-4-6-16(12-17)14-34(23,31)32/h4,6-7,12,15,18H,2-3,5,8-11,13-14H2,1H3,(H,24,30)(H2,23,31,32)(H,25,26,27,28). The van der Waals surface area contributed by atoms with Crippen LogP contribution in [0.25, 0.3) is 0 Å². The molecular formula is C22H31N7O4S. The van der Waals surface area contributed by atoms with Crippen molar-refractivity contribution in [1.29, 1.82) is 0 Å². The lowest BCUT2D eigenvalue weighted by atomic mass is 9.82. The number of nitrogens with zero attached hydrogens (tertiary/aromatic N) is 4. The van der Waals surface area contributed by atoms with E-state index in [4.69, 9.17) is 9.88 Å². The Hall–Kier alpha value is -2.99. The van der Waals surface area contributed by atoms with Crippen LogP contribution in [-0.2, 0) is 20.5 Å². The van der Waals surface area contributed by atoms with E-state index in [-0.39, 0.29) is 23.5 Å². The summed E-state index contributed by atoms with van der Waals surface area (Å²) in [5, 5.41) is 11.2. The molecule has 1 atom stereocenters. The molecule has 1 saturated heterocycles. The van der Waals surface area contributed by atoms with Crippen LogP contribution in [0.4, 0.5) is 22.4 Å². The number of aromatic nitrogens is 3. The van der Waals surface area contributed by atoms with Gasteiger partial charge in [-0.15, -0.1) is 0 Å². The van der Waals surface area contributed by atoms with Gasteiger partial charge in [0.25, 0.3) is 0 Å². The molecule has 0 radical (unpaired) electrons. The summed E-state index contributed by atoms with van der Waals surface area (Å²) in [4.78, 5) is 27.5. The molecule has 12 heteroatoms. The maximum atomic E-state index is 12.3. The molecule has 34 heavy (non-hydrogen) atoms. The Kier molecular flexibility index (Phi) is 7.17. The molecule has 1 amide bonds. The first kappa shape index (κ1) is 24.1. The fraction of sp³-hybridized carbons (Fsp3) is 0.545. The molecule has 184 valence electrons. The normalized spacial score (nSPS) is 19.7. The maximum absolute atomic E-state index is 12.3. The van der Waals surface area contributed by atoms with Crippen LogP contribution >= 0.6 is 0 Å². The van der Waals surface area contributed by atoms with E-state index in [1.807, 2.05) is 6.92 Å². The van der Waals surface area contributed by atoms with Crippen molar-refractivity contribution in [2.24, 2.45) is 5.14 Å². The van der Waals surface area contributed by atoms with Gasteiger partial charge in [0, 0.05) is 24.8 Å². The Morgan fingerprint density at radius 1 is 1.26 bits per heavy atom. The highest BCUT2D eigenvalue weighted by Crippen LogP contribution is 2.34. The largest absolute Gasteiger partial charge is 0.443 e. The molecule has 1 aromatic carbocycles. The highest BCUT2D eigenvalue weighted by molar-refractivity contribution is 7.88. The molecule has 2 aliphatic rings. The van der Waals surface area contributed by atoms with Gasteiger partial charge in [0.15, 0.2) is 0 Å². The van der Waals surface area contributed by atoms with Gasteiger partial charge in [-0.2, -0.15) is 4.98 Å². The maximum Gasteiger partial charge on any atom is 0.407 e. The van der Waals surface area contributed by atoms with Crippen molar-refractivity contribution >= 4 is 33.7 Å². The SMILES string of the molecule is CC1(OC(=O)NCC2CCCCN2c2ncnc(Nc3cccc(CS(N)(=O)=O)c3)n2)CCC1. The third kappa shape index (κ3) is 6.54. The number of nitrogens with one attached hydrogen (secondary N) is 2. The molecule has 4 N–H and O–H groups in total. The summed E-state index contributed by atoms with van der Waals surface area (Å²) in [5.41, 5.74) is 0.866. The molecule has 2 fully saturated rings. The van der Waals surface area contributed by atoms with E-state index >= 15 is 0 Å². The van der Waals surface area contributed by atoms with Crippen molar-refractivity contribution in [3.05, 3.63) is 36.2 Å². The smallest absolute Gasteiger partial charge is 0.407 e. The minimum Gasteiger partial charge on any atom is -0.443 e. The summed E-state index contributed by atoms with van der Waals surface area (Å²) in [6.45, 7) is 3.18. The predicted octanol–water partition coefficient (Wildman–Crippen LogP) is 2.43. The van der Waals surface area contributed by atoms with E-state index in [1.165, 1.54) is 6.33 Å². The first-order valence-electron chi connectivity index (χ1n) is 11.5. The second-order valence-electron chi connectivity index (χ2n) is 9.16. The average Bonchev–Trinajstić information content (AvgIpc) is 2.76. The number of piperidine rings is 1. The summed E-state index contributed by atoms with van der Waals surface area (Å²) in [6.07, 6.45) is 6.91. The summed E-state index contributed by atoms with van der Waals surface area (Å²) in [7, 11) is -3.63. The number of carbonyl (C=O) groups excluding carboxylic acids is 1. The van der Waals surface area contributed by atoms with Gasteiger partial charge in [0.05, 0.1) is 5.75 Å². The van der Waals surface area contributed by atoms with Gasteiger partial charge in [-0.3, -0.25) is 0 Å². The van der Waals surface area contributed by atoms with Crippen molar-refractivity contribution in [3.8, 4) is 0 Å². The molecule has 11 nitrogen and oxygen atoms in total. The Morgan fingerprint density at radius 3 is 2.82 bits per heavy atom. The fourth-order valence-corrected chi connectivity index (χ4v) is 4.94. The number of ether oxygens (including phenoxy) is 1. The quantitative estimate of drug-likeness (QED) is 0.507. The number of primary sulfonamides is 1. The van der Waals surface area contributed by atoms with Crippen LogP contribution < -0.4 is 20.7 Å². The molecule has 2 aromatic rings. The highest BCUT2D eigenvalue weighted by atomic mass is 32.2. The number of benzene rings is 1. The second kappa shape index (κ2) is 10.1. The van der Waals surface area contributed by atoms with Crippen LogP contribution in [0.3, 0.4) is 0 Å². The number of anilines is 3. The minimum atomic E-state index is -3.63. The number of alkyl carbamates (subject to hydrolysis) is 1. The number of rotatable bonds is 8. The van der Waals surface area contributed by atoms with Gasteiger partial charge in [0.1, 0.15) is 11.9 Å². The van der Waals surface area contributed by atoms with E-state index in [0.29, 0.717) is 29.7 Å². The third-order valence-corrected chi connectivity index (χ3v) is 6.96. The molecule has 1 aliphatic carbocycles. The Balaban J connectivity index is 1.41. The van der Waals surface area contributed by atoms with Gasteiger partial charge in [-0.1, -0.05) is 12.1 Å². The van der Waals surface area contributed by atoms with Crippen LogP contribution in [0.1, 0.15) is 51.0 Å². The monoisotopic (exact) mass is 489 g/mol. The van der Waals surface area contributed by atoms with Crippen LogP contribution in [0, 0.1) is 0 Å². The van der Waals surface area contributed by atoms with Crippen molar-refractivity contribution in [3.63, 3.8) is 0 Å². The third-order valence-electron chi connectivity index (χ3n) is 6.23. The average molecular weight is 490 g/mol. The van der Waals surface area contributed by atoms with Crippen LogP contribution in [0.2, 0.25) is 0 Å². The molecule has 1 aromatic heterocycles. The number of carbonyl (C=O) groups is 1. The lowest BCUT2D eigenvalue weighted by Gasteiger charge is -2.38.